The molecule has 0 saturated heterocycles. The Morgan fingerprint density at radius 1 is 1.39 bits per heavy atom. The standard InChI is InChI=1S/C16H18N2O3S2/c1-10(16(20)21-3)22-14-7-5-4-6-13(14)15(19)18-9-12-8-17-11(2)23-12/h4-8,10H,9H2,1-3H3,(H,18,19). The van der Waals surface area contributed by atoms with Gasteiger partial charge in [-0.1, -0.05) is 12.1 Å². The van der Waals surface area contributed by atoms with Crippen molar-refractivity contribution in [2.24, 2.45) is 0 Å². The summed E-state index contributed by atoms with van der Waals surface area (Å²) in [5, 5.41) is 3.48. The van der Waals surface area contributed by atoms with Crippen LogP contribution in [0.5, 0.6) is 0 Å². The van der Waals surface area contributed by atoms with Crippen LogP contribution in [-0.2, 0) is 16.1 Å². The van der Waals surface area contributed by atoms with Gasteiger partial charge in [0.2, 0.25) is 0 Å². The van der Waals surface area contributed by atoms with E-state index in [4.69, 9.17) is 4.74 Å². The summed E-state index contributed by atoms with van der Waals surface area (Å²) in [6.45, 7) is 4.12. The maximum Gasteiger partial charge on any atom is 0.318 e. The molecule has 23 heavy (non-hydrogen) atoms. The second-order valence-corrected chi connectivity index (χ2v) is 7.51. The van der Waals surface area contributed by atoms with Gasteiger partial charge in [0, 0.05) is 16.0 Å². The Hall–Kier alpha value is -1.86. The summed E-state index contributed by atoms with van der Waals surface area (Å²) in [7, 11) is 1.36. The zero-order valence-corrected chi connectivity index (χ0v) is 14.8. The minimum absolute atomic E-state index is 0.170. The molecule has 0 fully saturated rings. The fourth-order valence-corrected chi connectivity index (χ4v) is 3.66. The molecule has 0 saturated carbocycles. The number of methoxy groups -OCH3 is 1. The summed E-state index contributed by atoms with van der Waals surface area (Å²) >= 11 is 2.87. The highest BCUT2D eigenvalue weighted by Gasteiger charge is 2.18. The number of benzene rings is 1. The molecule has 1 aromatic carbocycles. The number of esters is 1. The van der Waals surface area contributed by atoms with Crippen LogP contribution >= 0.6 is 23.1 Å². The number of nitrogens with one attached hydrogen (secondary N) is 1. The van der Waals surface area contributed by atoms with E-state index < -0.39 is 0 Å². The van der Waals surface area contributed by atoms with E-state index in [1.54, 1.807) is 36.6 Å². The molecule has 122 valence electrons. The van der Waals surface area contributed by atoms with Gasteiger partial charge >= 0.3 is 5.97 Å². The number of thioether (sulfide) groups is 1. The number of carbonyl (C=O) groups excluding carboxylic acids is 2. The third-order valence-electron chi connectivity index (χ3n) is 3.06. The van der Waals surface area contributed by atoms with E-state index in [-0.39, 0.29) is 17.1 Å². The quantitative estimate of drug-likeness (QED) is 0.641. The van der Waals surface area contributed by atoms with Gasteiger partial charge in [0.1, 0.15) is 5.25 Å². The number of ether oxygens (including phenoxy) is 1. The molecule has 5 nitrogen and oxygen atoms in total. The van der Waals surface area contributed by atoms with Crippen molar-refractivity contribution in [1.29, 1.82) is 0 Å². The van der Waals surface area contributed by atoms with E-state index in [1.807, 2.05) is 19.1 Å². The van der Waals surface area contributed by atoms with Crippen LogP contribution in [0.1, 0.15) is 27.2 Å². The molecule has 7 heteroatoms. The zero-order valence-electron chi connectivity index (χ0n) is 13.2. The Labute approximate surface area is 143 Å². The van der Waals surface area contributed by atoms with E-state index in [2.05, 4.69) is 10.3 Å². The van der Waals surface area contributed by atoms with Crippen LogP contribution in [0.4, 0.5) is 0 Å². The third-order valence-corrected chi connectivity index (χ3v) is 5.13. The highest BCUT2D eigenvalue weighted by Crippen LogP contribution is 2.27. The molecule has 2 aromatic rings. The van der Waals surface area contributed by atoms with Gasteiger partial charge in [-0.15, -0.1) is 23.1 Å². The predicted octanol–water partition coefficient (Wildman–Crippen LogP) is 3.04. The van der Waals surface area contributed by atoms with Gasteiger partial charge in [-0.05, 0) is 26.0 Å². The van der Waals surface area contributed by atoms with Crippen LogP contribution in [0.25, 0.3) is 0 Å². The molecule has 1 N–H and O–H groups in total. The van der Waals surface area contributed by atoms with Gasteiger partial charge in [0.15, 0.2) is 0 Å². The zero-order chi connectivity index (χ0) is 16.8. The summed E-state index contributed by atoms with van der Waals surface area (Å²) in [6.07, 6.45) is 1.76. The maximum atomic E-state index is 12.4. The molecule has 0 radical (unpaired) electrons. The van der Waals surface area contributed by atoms with Crippen molar-refractivity contribution < 1.29 is 14.3 Å². The number of hydrogen-bond donors (Lipinski definition) is 1. The summed E-state index contributed by atoms with van der Waals surface area (Å²) in [5.74, 6) is -0.485. The van der Waals surface area contributed by atoms with Crippen LogP contribution in [-0.4, -0.2) is 29.2 Å². The Kier molecular flexibility index (Phi) is 6.18. The van der Waals surface area contributed by atoms with E-state index in [0.29, 0.717) is 12.1 Å². The Balaban J connectivity index is 2.06. The minimum Gasteiger partial charge on any atom is -0.468 e. The van der Waals surface area contributed by atoms with Gasteiger partial charge in [0.05, 0.1) is 24.2 Å². The lowest BCUT2D eigenvalue weighted by atomic mass is 10.2. The third kappa shape index (κ3) is 4.80. The largest absolute Gasteiger partial charge is 0.468 e. The lowest BCUT2D eigenvalue weighted by Crippen LogP contribution is -2.23. The molecule has 1 aromatic heterocycles. The average molecular weight is 350 g/mol. The number of thiazole rings is 1. The fraction of sp³-hybridized carbons (Fsp3) is 0.312. The topological polar surface area (TPSA) is 68.3 Å². The number of aromatic nitrogens is 1. The summed E-state index contributed by atoms with van der Waals surface area (Å²) in [5.41, 5.74) is 0.550. The number of hydrogen-bond acceptors (Lipinski definition) is 6. The number of amides is 1. The van der Waals surface area contributed by atoms with E-state index in [0.717, 1.165) is 14.8 Å². The highest BCUT2D eigenvalue weighted by atomic mass is 32.2. The second kappa shape index (κ2) is 8.12. The first-order valence-electron chi connectivity index (χ1n) is 7.04. The molecule has 0 spiro atoms. The van der Waals surface area contributed by atoms with Crippen LogP contribution in [0, 0.1) is 6.92 Å². The van der Waals surface area contributed by atoms with E-state index in [1.165, 1.54) is 18.9 Å². The number of aryl methyl sites for hydroxylation is 1. The number of rotatable bonds is 6. The molecule has 1 atom stereocenters. The molecule has 0 aliphatic heterocycles. The first-order valence-corrected chi connectivity index (χ1v) is 8.74. The smallest absolute Gasteiger partial charge is 0.318 e. The lowest BCUT2D eigenvalue weighted by molar-refractivity contribution is -0.139. The van der Waals surface area contributed by atoms with Gasteiger partial charge in [0.25, 0.3) is 5.91 Å². The van der Waals surface area contributed by atoms with Crippen molar-refractivity contribution in [3.05, 3.63) is 45.9 Å². The molecule has 0 aliphatic rings. The molecule has 0 aliphatic carbocycles. The Morgan fingerprint density at radius 2 is 2.13 bits per heavy atom. The van der Waals surface area contributed by atoms with Crippen molar-refractivity contribution in [1.82, 2.24) is 10.3 Å². The van der Waals surface area contributed by atoms with Crippen LogP contribution in [0.3, 0.4) is 0 Å². The Morgan fingerprint density at radius 3 is 2.78 bits per heavy atom. The summed E-state index contributed by atoms with van der Waals surface area (Å²) < 4.78 is 4.73. The molecular weight excluding hydrogens is 332 g/mol. The normalized spacial score (nSPS) is 11.8. The highest BCUT2D eigenvalue weighted by molar-refractivity contribution is 8.00. The van der Waals surface area contributed by atoms with Crippen molar-refractivity contribution >= 4 is 35.0 Å². The van der Waals surface area contributed by atoms with Crippen LogP contribution in [0.2, 0.25) is 0 Å². The first-order chi connectivity index (χ1) is 11.0. The van der Waals surface area contributed by atoms with Gasteiger partial charge < -0.3 is 10.1 Å². The van der Waals surface area contributed by atoms with Gasteiger partial charge in [-0.25, -0.2) is 4.98 Å². The average Bonchev–Trinajstić information content (AvgIpc) is 2.97. The molecule has 2 rings (SSSR count). The molecule has 1 heterocycles. The predicted molar refractivity (Wildman–Crippen MR) is 91.8 cm³/mol. The second-order valence-electron chi connectivity index (χ2n) is 4.81. The van der Waals surface area contributed by atoms with Crippen LogP contribution < -0.4 is 5.32 Å². The van der Waals surface area contributed by atoms with Crippen LogP contribution in [0.15, 0.2) is 35.4 Å². The molecule has 0 bridgehead atoms. The monoisotopic (exact) mass is 350 g/mol. The van der Waals surface area contributed by atoms with Crippen molar-refractivity contribution in [2.75, 3.05) is 7.11 Å². The van der Waals surface area contributed by atoms with Gasteiger partial charge in [-0.2, -0.15) is 0 Å². The van der Waals surface area contributed by atoms with E-state index >= 15 is 0 Å². The first kappa shape index (κ1) is 17.5. The van der Waals surface area contributed by atoms with Crippen molar-refractivity contribution in [2.45, 2.75) is 30.5 Å². The van der Waals surface area contributed by atoms with Crippen molar-refractivity contribution in [3.8, 4) is 0 Å². The van der Waals surface area contributed by atoms with E-state index in [9.17, 15) is 9.59 Å². The maximum absolute atomic E-state index is 12.4. The lowest BCUT2D eigenvalue weighted by Gasteiger charge is -2.12. The SMILES string of the molecule is COC(=O)C(C)Sc1ccccc1C(=O)NCc1cnc(C)s1. The number of nitrogens with zero attached hydrogens (tertiary/aromatic N) is 1. The number of carbonyl (C=O) groups is 2. The summed E-state index contributed by atoms with van der Waals surface area (Å²) in [6, 6.07) is 7.23. The summed E-state index contributed by atoms with van der Waals surface area (Å²) in [4.78, 5) is 29.9. The minimum atomic E-state index is -0.377. The van der Waals surface area contributed by atoms with Crippen molar-refractivity contribution in [3.63, 3.8) is 0 Å². The Bertz CT molecular complexity index is 700. The molecule has 1 amide bonds. The van der Waals surface area contributed by atoms with Gasteiger partial charge in [-0.3, -0.25) is 9.59 Å². The molecular formula is C16H18N2O3S2. The fourth-order valence-electron chi connectivity index (χ4n) is 1.91. The molecule has 1 unspecified atom stereocenters.